The van der Waals surface area contributed by atoms with E-state index in [2.05, 4.69) is 10.6 Å². The van der Waals surface area contributed by atoms with Gasteiger partial charge in [-0.1, -0.05) is 6.92 Å². The van der Waals surface area contributed by atoms with Crippen molar-refractivity contribution in [3.63, 3.8) is 0 Å². The van der Waals surface area contributed by atoms with Crippen molar-refractivity contribution in [1.29, 1.82) is 0 Å². The number of hydrogen-bond donors (Lipinski definition) is 2. The summed E-state index contributed by atoms with van der Waals surface area (Å²) in [7, 11) is 0. The van der Waals surface area contributed by atoms with E-state index in [0.29, 0.717) is 12.0 Å². The van der Waals surface area contributed by atoms with Gasteiger partial charge in [0.2, 0.25) is 5.91 Å². The molecule has 1 saturated carbocycles. The van der Waals surface area contributed by atoms with Crippen molar-refractivity contribution in [2.24, 2.45) is 11.8 Å². The third-order valence-corrected chi connectivity index (χ3v) is 4.66. The fourth-order valence-corrected chi connectivity index (χ4v) is 2.95. The van der Waals surface area contributed by atoms with Crippen molar-refractivity contribution < 1.29 is 9.53 Å². The van der Waals surface area contributed by atoms with E-state index >= 15 is 0 Å². The van der Waals surface area contributed by atoms with Crippen LogP contribution in [0, 0.1) is 11.8 Å². The van der Waals surface area contributed by atoms with Crippen molar-refractivity contribution in [1.82, 2.24) is 5.32 Å². The van der Waals surface area contributed by atoms with Crippen molar-refractivity contribution in [3.05, 3.63) is 24.3 Å². The summed E-state index contributed by atoms with van der Waals surface area (Å²) in [5.41, 5.74) is 0.845. The zero-order valence-electron chi connectivity index (χ0n) is 13.0. The standard InChI is InChI=1S/C17H24N2O2.ClH/c1-12(13-10-18-11-13)17(20)19-14-6-8-16(9-7-14)21-15-4-2-3-5-15;/h6-9,12-13,15,18H,2-5,10-11H2,1H3,(H,19,20);1H. The Labute approximate surface area is 138 Å². The summed E-state index contributed by atoms with van der Waals surface area (Å²) in [4.78, 5) is 12.1. The van der Waals surface area contributed by atoms with Gasteiger partial charge < -0.3 is 15.4 Å². The van der Waals surface area contributed by atoms with E-state index in [9.17, 15) is 4.79 Å². The highest BCUT2D eigenvalue weighted by molar-refractivity contribution is 5.92. The van der Waals surface area contributed by atoms with Gasteiger partial charge in [0.25, 0.3) is 0 Å². The molecule has 2 aliphatic rings. The molecule has 3 rings (SSSR count). The number of carbonyl (C=O) groups is 1. The lowest BCUT2D eigenvalue weighted by Crippen LogP contribution is -2.48. The van der Waals surface area contributed by atoms with E-state index < -0.39 is 0 Å². The SMILES string of the molecule is CC(C(=O)Nc1ccc(OC2CCCC2)cc1)C1CNC1.Cl. The minimum atomic E-state index is 0. The van der Waals surface area contributed by atoms with Crippen molar-refractivity contribution in [2.75, 3.05) is 18.4 Å². The Hall–Kier alpha value is -1.26. The molecule has 122 valence electrons. The van der Waals surface area contributed by atoms with Gasteiger partial charge in [-0.2, -0.15) is 0 Å². The van der Waals surface area contributed by atoms with Gasteiger partial charge in [-0.25, -0.2) is 0 Å². The Bertz CT molecular complexity index is 482. The molecule has 1 saturated heterocycles. The number of anilines is 1. The number of halogens is 1. The molecular formula is C17H25ClN2O2. The van der Waals surface area contributed by atoms with E-state index in [1.165, 1.54) is 12.8 Å². The van der Waals surface area contributed by atoms with Crippen LogP contribution in [-0.2, 0) is 4.79 Å². The van der Waals surface area contributed by atoms with Crippen molar-refractivity contribution >= 4 is 24.0 Å². The summed E-state index contributed by atoms with van der Waals surface area (Å²) < 4.78 is 5.93. The van der Waals surface area contributed by atoms with Gasteiger partial charge in [-0.15, -0.1) is 12.4 Å². The summed E-state index contributed by atoms with van der Waals surface area (Å²) in [6.45, 7) is 3.89. The molecule has 1 atom stereocenters. The van der Waals surface area contributed by atoms with Gasteiger partial charge in [0, 0.05) is 11.6 Å². The second-order valence-electron chi connectivity index (χ2n) is 6.24. The second-order valence-corrected chi connectivity index (χ2v) is 6.24. The molecule has 4 nitrogen and oxygen atoms in total. The highest BCUT2D eigenvalue weighted by Gasteiger charge is 2.28. The predicted molar refractivity (Wildman–Crippen MR) is 90.7 cm³/mol. The van der Waals surface area contributed by atoms with Crippen LogP contribution in [0.25, 0.3) is 0 Å². The molecule has 22 heavy (non-hydrogen) atoms. The van der Waals surface area contributed by atoms with Gasteiger partial charge in [0.1, 0.15) is 5.75 Å². The summed E-state index contributed by atoms with van der Waals surface area (Å²) >= 11 is 0. The average Bonchev–Trinajstić information content (AvgIpc) is 2.92. The van der Waals surface area contributed by atoms with E-state index in [1.807, 2.05) is 31.2 Å². The zero-order valence-corrected chi connectivity index (χ0v) is 13.8. The first-order valence-electron chi connectivity index (χ1n) is 8.00. The molecule has 0 spiro atoms. The van der Waals surface area contributed by atoms with Crippen molar-refractivity contribution in [3.8, 4) is 5.75 Å². The minimum absolute atomic E-state index is 0. The molecule has 1 unspecified atom stereocenters. The fourth-order valence-electron chi connectivity index (χ4n) is 2.95. The number of carbonyl (C=O) groups excluding carboxylic acids is 1. The van der Waals surface area contributed by atoms with Crippen LogP contribution < -0.4 is 15.4 Å². The summed E-state index contributed by atoms with van der Waals surface area (Å²) in [6.07, 6.45) is 5.23. The number of ether oxygens (including phenoxy) is 1. The molecule has 1 amide bonds. The summed E-state index contributed by atoms with van der Waals surface area (Å²) in [6, 6.07) is 7.74. The first kappa shape index (κ1) is 17.1. The van der Waals surface area contributed by atoms with Gasteiger partial charge in [0.05, 0.1) is 6.10 Å². The van der Waals surface area contributed by atoms with E-state index in [4.69, 9.17) is 4.74 Å². The summed E-state index contributed by atoms with van der Waals surface area (Å²) in [5, 5.41) is 6.20. The molecule has 0 radical (unpaired) electrons. The first-order chi connectivity index (χ1) is 10.2. The Kier molecular flexibility index (Phi) is 6.09. The molecule has 0 aromatic heterocycles. The van der Waals surface area contributed by atoms with Crippen molar-refractivity contribution in [2.45, 2.75) is 38.7 Å². The summed E-state index contributed by atoms with van der Waals surface area (Å²) in [5.74, 6) is 1.53. The van der Waals surface area contributed by atoms with Crippen LogP contribution in [0.4, 0.5) is 5.69 Å². The van der Waals surface area contributed by atoms with E-state index in [0.717, 1.165) is 37.4 Å². The van der Waals surface area contributed by atoms with Gasteiger partial charge in [-0.3, -0.25) is 4.79 Å². The number of amides is 1. The molecule has 2 fully saturated rings. The van der Waals surface area contributed by atoms with Gasteiger partial charge in [0.15, 0.2) is 0 Å². The number of hydrogen-bond acceptors (Lipinski definition) is 3. The lowest BCUT2D eigenvalue weighted by atomic mass is 9.88. The predicted octanol–water partition coefficient (Wildman–Crippen LogP) is 3.22. The maximum Gasteiger partial charge on any atom is 0.227 e. The van der Waals surface area contributed by atoms with E-state index in [-0.39, 0.29) is 24.2 Å². The highest BCUT2D eigenvalue weighted by atomic mass is 35.5. The number of nitrogens with one attached hydrogen (secondary N) is 2. The molecule has 1 aliphatic heterocycles. The second kappa shape index (κ2) is 7.84. The van der Waals surface area contributed by atoms with Crippen LogP contribution in [0.15, 0.2) is 24.3 Å². The van der Waals surface area contributed by atoms with Crippen LogP contribution in [0.2, 0.25) is 0 Å². The third-order valence-electron chi connectivity index (χ3n) is 4.66. The molecule has 0 bridgehead atoms. The largest absolute Gasteiger partial charge is 0.490 e. The quantitative estimate of drug-likeness (QED) is 0.874. The molecule has 5 heteroatoms. The van der Waals surface area contributed by atoms with Crippen LogP contribution in [0.1, 0.15) is 32.6 Å². The Morgan fingerprint density at radius 3 is 2.41 bits per heavy atom. The lowest BCUT2D eigenvalue weighted by Gasteiger charge is -2.31. The fraction of sp³-hybridized carbons (Fsp3) is 0.588. The number of rotatable bonds is 5. The van der Waals surface area contributed by atoms with Gasteiger partial charge >= 0.3 is 0 Å². The van der Waals surface area contributed by atoms with Crippen LogP contribution >= 0.6 is 12.4 Å². The lowest BCUT2D eigenvalue weighted by molar-refractivity contribution is -0.121. The molecule has 1 aliphatic carbocycles. The molecule has 1 aromatic carbocycles. The molecule has 1 aromatic rings. The normalized spacial score (nSPS) is 19.9. The third kappa shape index (κ3) is 4.14. The van der Waals surface area contributed by atoms with E-state index in [1.54, 1.807) is 0 Å². The van der Waals surface area contributed by atoms with Crippen LogP contribution in [-0.4, -0.2) is 25.1 Å². The monoisotopic (exact) mass is 324 g/mol. The maximum atomic E-state index is 12.1. The number of benzene rings is 1. The maximum absolute atomic E-state index is 12.1. The van der Waals surface area contributed by atoms with Crippen LogP contribution in [0.5, 0.6) is 5.75 Å². The Morgan fingerprint density at radius 1 is 1.23 bits per heavy atom. The first-order valence-corrected chi connectivity index (χ1v) is 8.00. The molecule has 1 heterocycles. The van der Waals surface area contributed by atoms with Crippen LogP contribution in [0.3, 0.4) is 0 Å². The Morgan fingerprint density at radius 2 is 1.86 bits per heavy atom. The minimum Gasteiger partial charge on any atom is -0.490 e. The molecule has 2 N–H and O–H groups in total. The van der Waals surface area contributed by atoms with Gasteiger partial charge in [-0.05, 0) is 69.0 Å². The Balaban J connectivity index is 0.00000176. The topological polar surface area (TPSA) is 50.4 Å². The zero-order chi connectivity index (χ0) is 14.7. The highest BCUT2D eigenvalue weighted by Crippen LogP contribution is 2.25. The average molecular weight is 325 g/mol. The smallest absolute Gasteiger partial charge is 0.227 e. The molecular weight excluding hydrogens is 300 g/mol.